The zero-order valence-electron chi connectivity index (χ0n) is 20.0. The van der Waals surface area contributed by atoms with E-state index >= 15 is 0 Å². The first-order chi connectivity index (χ1) is 17.4. The third-order valence-corrected chi connectivity index (χ3v) is 7.89. The number of carbonyl (C=O) groups is 1. The summed E-state index contributed by atoms with van der Waals surface area (Å²) in [7, 11) is -4.11. The predicted octanol–water partition coefficient (Wildman–Crippen LogP) is 5.89. The number of rotatable bonds is 10. The van der Waals surface area contributed by atoms with E-state index in [-0.39, 0.29) is 16.7 Å². The van der Waals surface area contributed by atoms with Gasteiger partial charge in [-0.15, -0.1) is 0 Å². The number of nitrogens with one attached hydrogen (secondary N) is 1. The average Bonchev–Trinajstić information content (AvgIpc) is 3.38. The Kier molecular flexibility index (Phi) is 8.38. The first kappa shape index (κ1) is 25.9. The number of ether oxygens (including phenoxy) is 2. The highest BCUT2D eigenvalue weighted by Gasteiger charge is 2.29. The van der Waals surface area contributed by atoms with Crippen LogP contribution in [0, 0.1) is 0 Å². The van der Waals surface area contributed by atoms with Crippen LogP contribution >= 0.6 is 11.6 Å². The van der Waals surface area contributed by atoms with Gasteiger partial charge in [0.25, 0.3) is 10.0 Å². The normalized spacial score (nSPS) is 13.8. The summed E-state index contributed by atoms with van der Waals surface area (Å²) in [5, 5.41) is 3.20. The number of anilines is 2. The molecule has 1 aliphatic carbocycles. The molecule has 7 nitrogen and oxygen atoms in total. The third kappa shape index (κ3) is 6.30. The Morgan fingerprint density at radius 2 is 1.67 bits per heavy atom. The number of halogens is 1. The van der Waals surface area contributed by atoms with Gasteiger partial charge in [-0.2, -0.15) is 0 Å². The minimum absolute atomic E-state index is 0.0133. The third-order valence-electron chi connectivity index (χ3n) is 5.87. The molecule has 190 valence electrons. The topological polar surface area (TPSA) is 84.9 Å². The van der Waals surface area contributed by atoms with Gasteiger partial charge in [-0.3, -0.25) is 9.10 Å². The maximum atomic E-state index is 13.6. The van der Waals surface area contributed by atoms with Crippen molar-refractivity contribution in [2.75, 3.05) is 22.8 Å². The van der Waals surface area contributed by atoms with Crippen molar-refractivity contribution in [1.29, 1.82) is 0 Å². The summed E-state index contributed by atoms with van der Waals surface area (Å²) in [6, 6.07) is 19.6. The fraction of sp³-hybridized carbons (Fsp3) is 0.296. The minimum atomic E-state index is -4.11. The van der Waals surface area contributed by atoms with Gasteiger partial charge in [0.1, 0.15) is 18.0 Å². The highest BCUT2D eigenvalue weighted by atomic mass is 35.5. The van der Waals surface area contributed by atoms with Crippen LogP contribution in [-0.2, 0) is 14.8 Å². The van der Waals surface area contributed by atoms with Crippen LogP contribution in [0.5, 0.6) is 11.5 Å². The molecule has 1 N–H and O–H groups in total. The highest BCUT2D eigenvalue weighted by molar-refractivity contribution is 7.92. The molecule has 9 heteroatoms. The van der Waals surface area contributed by atoms with Crippen LogP contribution in [0.3, 0.4) is 0 Å². The van der Waals surface area contributed by atoms with Crippen LogP contribution in [-0.4, -0.2) is 33.6 Å². The van der Waals surface area contributed by atoms with Gasteiger partial charge in [0, 0.05) is 10.7 Å². The van der Waals surface area contributed by atoms with Gasteiger partial charge in [-0.25, -0.2) is 8.42 Å². The highest BCUT2D eigenvalue weighted by Crippen LogP contribution is 2.33. The van der Waals surface area contributed by atoms with Gasteiger partial charge >= 0.3 is 0 Å². The molecule has 0 saturated heterocycles. The van der Waals surface area contributed by atoms with Crippen LogP contribution in [0.25, 0.3) is 0 Å². The summed E-state index contributed by atoms with van der Waals surface area (Å²) in [4.78, 5) is 13.1. The van der Waals surface area contributed by atoms with Gasteiger partial charge < -0.3 is 14.8 Å². The summed E-state index contributed by atoms with van der Waals surface area (Å²) in [6.07, 6.45) is 4.71. The Morgan fingerprint density at radius 3 is 2.33 bits per heavy atom. The zero-order valence-corrected chi connectivity index (χ0v) is 21.6. The van der Waals surface area contributed by atoms with E-state index in [0.717, 1.165) is 22.9 Å². The Bertz CT molecular complexity index is 1270. The number of hydrogen-bond acceptors (Lipinski definition) is 5. The molecular weight excluding hydrogens is 500 g/mol. The number of para-hydroxylation sites is 2. The second kappa shape index (κ2) is 11.7. The van der Waals surface area contributed by atoms with Crippen molar-refractivity contribution in [3.63, 3.8) is 0 Å². The summed E-state index contributed by atoms with van der Waals surface area (Å²) in [5.74, 6) is 0.611. The second-order valence-electron chi connectivity index (χ2n) is 8.46. The number of sulfonamides is 1. The second-order valence-corrected chi connectivity index (χ2v) is 10.8. The summed E-state index contributed by atoms with van der Waals surface area (Å²) >= 11 is 5.96. The van der Waals surface area contributed by atoms with Crippen molar-refractivity contribution >= 4 is 38.9 Å². The van der Waals surface area contributed by atoms with Crippen molar-refractivity contribution in [3.8, 4) is 11.5 Å². The van der Waals surface area contributed by atoms with Crippen LogP contribution in [0.4, 0.5) is 11.4 Å². The van der Waals surface area contributed by atoms with E-state index in [1.807, 2.05) is 6.92 Å². The van der Waals surface area contributed by atoms with Crippen molar-refractivity contribution in [2.24, 2.45) is 0 Å². The molecule has 1 amide bonds. The lowest BCUT2D eigenvalue weighted by Gasteiger charge is -2.26. The maximum absolute atomic E-state index is 13.6. The van der Waals surface area contributed by atoms with Crippen molar-refractivity contribution in [2.45, 2.75) is 43.6 Å². The number of carbonyl (C=O) groups excluding carboxylic acids is 1. The van der Waals surface area contributed by atoms with E-state index in [1.165, 1.54) is 37.1 Å². The first-order valence-corrected chi connectivity index (χ1v) is 13.8. The van der Waals surface area contributed by atoms with E-state index in [2.05, 4.69) is 5.32 Å². The Morgan fingerprint density at radius 1 is 1.00 bits per heavy atom. The molecule has 1 saturated carbocycles. The van der Waals surface area contributed by atoms with E-state index < -0.39 is 22.5 Å². The summed E-state index contributed by atoms with van der Waals surface area (Å²) in [6.45, 7) is 1.70. The number of benzene rings is 3. The first-order valence-electron chi connectivity index (χ1n) is 11.9. The fourth-order valence-electron chi connectivity index (χ4n) is 4.12. The molecule has 4 rings (SSSR count). The molecule has 0 spiro atoms. The van der Waals surface area contributed by atoms with Crippen LogP contribution < -0.4 is 19.1 Å². The maximum Gasteiger partial charge on any atom is 0.264 e. The smallest absolute Gasteiger partial charge is 0.264 e. The van der Waals surface area contributed by atoms with E-state index in [9.17, 15) is 13.2 Å². The molecule has 3 aromatic carbocycles. The molecule has 1 aliphatic rings. The standard InChI is InChI=1S/C27H29ClN2O5S/c1-2-34-26-10-6-5-9-25(26)30(36(32,33)24-17-11-20(28)12-18-24)19-27(31)29-21-13-15-23(16-14-21)35-22-7-3-4-8-22/h5-6,9-18,22H,2-4,7-8,19H2,1H3,(H,29,31). The van der Waals surface area contributed by atoms with Gasteiger partial charge in [0.15, 0.2) is 0 Å². The Balaban J connectivity index is 1.56. The van der Waals surface area contributed by atoms with Crippen LogP contribution in [0.1, 0.15) is 32.6 Å². The van der Waals surface area contributed by atoms with E-state index in [0.29, 0.717) is 23.1 Å². The quantitative estimate of drug-likeness (QED) is 0.354. The predicted molar refractivity (Wildman–Crippen MR) is 142 cm³/mol. The molecule has 1 fully saturated rings. The lowest BCUT2D eigenvalue weighted by Crippen LogP contribution is -2.38. The molecule has 0 unspecified atom stereocenters. The van der Waals surface area contributed by atoms with E-state index in [1.54, 1.807) is 48.5 Å². The zero-order chi connectivity index (χ0) is 25.5. The molecule has 0 radical (unpaired) electrons. The van der Waals surface area contributed by atoms with Crippen molar-refractivity contribution in [3.05, 3.63) is 77.8 Å². The van der Waals surface area contributed by atoms with Crippen molar-refractivity contribution in [1.82, 2.24) is 0 Å². The lowest BCUT2D eigenvalue weighted by molar-refractivity contribution is -0.114. The summed E-state index contributed by atoms with van der Waals surface area (Å²) < 4.78 is 39.9. The van der Waals surface area contributed by atoms with Gasteiger partial charge in [0.05, 0.1) is 23.3 Å². The van der Waals surface area contributed by atoms with Crippen LogP contribution in [0.15, 0.2) is 77.7 Å². The molecule has 0 aliphatic heterocycles. The van der Waals surface area contributed by atoms with E-state index in [4.69, 9.17) is 21.1 Å². The SMILES string of the molecule is CCOc1ccccc1N(CC(=O)Nc1ccc(OC2CCCC2)cc1)S(=O)(=O)c1ccc(Cl)cc1. The molecule has 0 aromatic heterocycles. The molecular formula is C27H29ClN2O5S. The average molecular weight is 529 g/mol. The monoisotopic (exact) mass is 528 g/mol. The molecule has 3 aromatic rings. The molecule has 36 heavy (non-hydrogen) atoms. The largest absolute Gasteiger partial charge is 0.492 e. The minimum Gasteiger partial charge on any atom is -0.492 e. The molecule has 0 atom stereocenters. The van der Waals surface area contributed by atoms with Gasteiger partial charge in [-0.1, -0.05) is 23.7 Å². The number of nitrogens with zero attached hydrogens (tertiary/aromatic N) is 1. The van der Waals surface area contributed by atoms with Crippen molar-refractivity contribution < 1.29 is 22.7 Å². The fourth-order valence-corrected chi connectivity index (χ4v) is 5.68. The van der Waals surface area contributed by atoms with Gasteiger partial charge in [0.2, 0.25) is 5.91 Å². The Labute approximate surface area is 217 Å². The molecule has 0 heterocycles. The lowest BCUT2D eigenvalue weighted by atomic mass is 10.2. The van der Waals surface area contributed by atoms with Crippen LogP contribution in [0.2, 0.25) is 5.02 Å². The number of hydrogen-bond donors (Lipinski definition) is 1. The van der Waals surface area contributed by atoms with Gasteiger partial charge in [-0.05, 0) is 93.3 Å². The Hall–Kier alpha value is -3.23. The summed E-state index contributed by atoms with van der Waals surface area (Å²) in [5.41, 5.74) is 0.811. The molecule has 0 bridgehead atoms. The number of amides is 1.